The van der Waals surface area contributed by atoms with Crippen molar-refractivity contribution in [3.8, 4) is 17.1 Å². The van der Waals surface area contributed by atoms with Gasteiger partial charge in [-0.15, -0.1) is 10.2 Å². The van der Waals surface area contributed by atoms with Crippen molar-refractivity contribution in [1.29, 1.82) is 0 Å². The number of halogens is 1. The van der Waals surface area contributed by atoms with E-state index >= 15 is 0 Å². The number of ether oxygens (including phenoxy) is 1. The van der Waals surface area contributed by atoms with Crippen molar-refractivity contribution < 1.29 is 4.74 Å². The van der Waals surface area contributed by atoms with Crippen LogP contribution in [0.25, 0.3) is 17.1 Å². The van der Waals surface area contributed by atoms with Crippen LogP contribution in [0.3, 0.4) is 0 Å². The predicted molar refractivity (Wildman–Crippen MR) is 102 cm³/mol. The Hall–Kier alpha value is -1.82. The van der Waals surface area contributed by atoms with Gasteiger partial charge >= 0.3 is 0 Å². The molecule has 4 rings (SSSR count). The summed E-state index contributed by atoms with van der Waals surface area (Å²) in [6, 6.07) is 17.9. The van der Waals surface area contributed by atoms with Crippen LogP contribution < -0.4 is 0 Å². The summed E-state index contributed by atoms with van der Waals surface area (Å²) >= 11 is 7.74. The highest BCUT2D eigenvalue weighted by molar-refractivity contribution is 7.99. The number of aromatic nitrogens is 3. The standard InChI is InChI=1S/C19H18ClN3OS/c20-15-8-10-16(11-9-15)23-18(14-5-2-1-3-6-14)21-22-19(23)25-13-17-7-4-12-24-17/h1-3,5-6,8-11,17H,4,7,12-13H2. The van der Waals surface area contributed by atoms with Gasteiger partial charge in [0.1, 0.15) is 0 Å². The normalized spacial score (nSPS) is 17.1. The summed E-state index contributed by atoms with van der Waals surface area (Å²) in [5.74, 6) is 1.72. The lowest BCUT2D eigenvalue weighted by Gasteiger charge is -2.12. The highest BCUT2D eigenvalue weighted by Gasteiger charge is 2.20. The topological polar surface area (TPSA) is 39.9 Å². The van der Waals surface area contributed by atoms with Crippen LogP contribution in [0, 0.1) is 0 Å². The van der Waals surface area contributed by atoms with Crippen LogP contribution in [0.1, 0.15) is 12.8 Å². The van der Waals surface area contributed by atoms with Gasteiger partial charge < -0.3 is 4.74 Å². The average molecular weight is 372 g/mol. The first-order valence-corrected chi connectivity index (χ1v) is 9.69. The van der Waals surface area contributed by atoms with Gasteiger partial charge in [0.05, 0.1) is 6.10 Å². The van der Waals surface area contributed by atoms with E-state index in [0.717, 1.165) is 47.4 Å². The van der Waals surface area contributed by atoms with E-state index < -0.39 is 0 Å². The molecule has 0 saturated carbocycles. The van der Waals surface area contributed by atoms with Gasteiger partial charge in [-0.2, -0.15) is 0 Å². The molecule has 0 radical (unpaired) electrons. The lowest BCUT2D eigenvalue weighted by atomic mass is 10.2. The maximum Gasteiger partial charge on any atom is 0.196 e. The van der Waals surface area contributed by atoms with E-state index in [2.05, 4.69) is 14.8 Å². The van der Waals surface area contributed by atoms with Crippen molar-refractivity contribution in [2.75, 3.05) is 12.4 Å². The minimum atomic E-state index is 0.306. The number of nitrogens with zero attached hydrogens (tertiary/aromatic N) is 3. The van der Waals surface area contributed by atoms with Crippen molar-refractivity contribution in [2.24, 2.45) is 0 Å². The molecule has 0 bridgehead atoms. The highest BCUT2D eigenvalue weighted by atomic mass is 35.5. The smallest absolute Gasteiger partial charge is 0.196 e. The average Bonchev–Trinajstić information content (AvgIpc) is 3.31. The number of rotatable bonds is 5. The van der Waals surface area contributed by atoms with Gasteiger partial charge in [0.15, 0.2) is 11.0 Å². The summed E-state index contributed by atoms with van der Waals surface area (Å²) < 4.78 is 7.82. The lowest BCUT2D eigenvalue weighted by Crippen LogP contribution is -2.09. The van der Waals surface area contributed by atoms with Crippen molar-refractivity contribution in [2.45, 2.75) is 24.1 Å². The van der Waals surface area contributed by atoms with Gasteiger partial charge in [0.2, 0.25) is 0 Å². The minimum Gasteiger partial charge on any atom is -0.377 e. The van der Waals surface area contributed by atoms with Crippen molar-refractivity contribution in [1.82, 2.24) is 14.8 Å². The maximum atomic E-state index is 6.05. The van der Waals surface area contributed by atoms with Crippen LogP contribution in [-0.4, -0.2) is 33.2 Å². The molecule has 2 heterocycles. The fourth-order valence-electron chi connectivity index (χ4n) is 2.90. The number of hydrogen-bond acceptors (Lipinski definition) is 4. The second-order valence-electron chi connectivity index (χ2n) is 5.93. The Morgan fingerprint density at radius 2 is 1.88 bits per heavy atom. The largest absolute Gasteiger partial charge is 0.377 e. The predicted octanol–water partition coefficient (Wildman–Crippen LogP) is 4.86. The van der Waals surface area contributed by atoms with E-state index in [0.29, 0.717) is 11.1 Å². The molecule has 6 heteroatoms. The maximum absolute atomic E-state index is 6.05. The Bertz CT molecular complexity index is 830. The first kappa shape index (κ1) is 16.6. The zero-order chi connectivity index (χ0) is 17.1. The second kappa shape index (κ2) is 7.60. The Morgan fingerprint density at radius 3 is 2.60 bits per heavy atom. The van der Waals surface area contributed by atoms with Crippen LogP contribution in [-0.2, 0) is 4.74 Å². The fraction of sp³-hybridized carbons (Fsp3) is 0.263. The van der Waals surface area contributed by atoms with Gasteiger partial charge in [-0.25, -0.2) is 0 Å². The molecule has 1 aromatic heterocycles. The zero-order valence-electron chi connectivity index (χ0n) is 13.6. The molecule has 0 N–H and O–H groups in total. The third-order valence-electron chi connectivity index (χ3n) is 4.17. The molecule has 4 nitrogen and oxygen atoms in total. The monoisotopic (exact) mass is 371 g/mol. The highest BCUT2D eigenvalue weighted by Crippen LogP contribution is 2.30. The van der Waals surface area contributed by atoms with Crippen LogP contribution in [0.4, 0.5) is 0 Å². The molecule has 0 aliphatic carbocycles. The van der Waals surface area contributed by atoms with Gasteiger partial charge in [0.25, 0.3) is 0 Å². The van der Waals surface area contributed by atoms with Crippen LogP contribution in [0.5, 0.6) is 0 Å². The Kier molecular flexibility index (Phi) is 5.06. The molecule has 1 aliphatic rings. The summed E-state index contributed by atoms with van der Waals surface area (Å²) in [7, 11) is 0. The van der Waals surface area contributed by atoms with E-state index in [1.807, 2.05) is 54.6 Å². The molecule has 3 aromatic rings. The third-order valence-corrected chi connectivity index (χ3v) is 5.49. The summed E-state index contributed by atoms with van der Waals surface area (Å²) in [6.07, 6.45) is 2.57. The molecule has 1 unspecified atom stereocenters. The van der Waals surface area contributed by atoms with Gasteiger partial charge in [0, 0.05) is 28.6 Å². The first-order chi connectivity index (χ1) is 12.3. The Morgan fingerprint density at radius 1 is 1.08 bits per heavy atom. The van der Waals surface area contributed by atoms with E-state index in [1.54, 1.807) is 11.8 Å². The second-order valence-corrected chi connectivity index (χ2v) is 7.35. The molecular formula is C19H18ClN3OS. The van der Waals surface area contributed by atoms with Gasteiger partial charge in [-0.05, 0) is 37.1 Å². The molecule has 1 atom stereocenters. The number of benzene rings is 2. The minimum absolute atomic E-state index is 0.306. The van der Waals surface area contributed by atoms with Crippen molar-refractivity contribution >= 4 is 23.4 Å². The third kappa shape index (κ3) is 3.73. The molecule has 128 valence electrons. The summed E-state index contributed by atoms with van der Waals surface area (Å²) in [6.45, 7) is 0.865. The van der Waals surface area contributed by atoms with E-state index in [1.165, 1.54) is 0 Å². The van der Waals surface area contributed by atoms with E-state index in [-0.39, 0.29) is 0 Å². The number of thioether (sulfide) groups is 1. The molecule has 1 fully saturated rings. The summed E-state index contributed by atoms with van der Waals surface area (Å²) in [5, 5.41) is 10.5. The first-order valence-electron chi connectivity index (χ1n) is 8.32. The Labute approximate surface area is 156 Å². The zero-order valence-corrected chi connectivity index (χ0v) is 15.2. The molecule has 1 saturated heterocycles. The molecular weight excluding hydrogens is 354 g/mol. The van der Waals surface area contributed by atoms with E-state index in [4.69, 9.17) is 16.3 Å². The quantitative estimate of drug-likeness (QED) is 0.600. The fourth-order valence-corrected chi connectivity index (χ4v) is 4.05. The summed E-state index contributed by atoms with van der Waals surface area (Å²) in [5.41, 5.74) is 2.04. The Balaban J connectivity index is 1.70. The van der Waals surface area contributed by atoms with Crippen molar-refractivity contribution in [3.63, 3.8) is 0 Å². The van der Waals surface area contributed by atoms with E-state index in [9.17, 15) is 0 Å². The van der Waals surface area contributed by atoms with Crippen LogP contribution in [0.2, 0.25) is 5.02 Å². The SMILES string of the molecule is Clc1ccc(-n2c(SCC3CCCO3)nnc2-c2ccccc2)cc1. The van der Waals surface area contributed by atoms with Gasteiger partial charge in [-0.3, -0.25) is 4.57 Å². The molecule has 2 aromatic carbocycles. The van der Waals surface area contributed by atoms with Crippen LogP contribution >= 0.6 is 23.4 Å². The molecule has 0 amide bonds. The lowest BCUT2D eigenvalue weighted by molar-refractivity contribution is 0.129. The van der Waals surface area contributed by atoms with Crippen molar-refractivity contribution in [3.05, 3.63) is 59.6 Å². The number of hydrogen-bond donors (Lipinski definition) is 0. The summed E-state index contributed by atoms with van der Waals surface area (Å²) in [4.78, 5) is 0. The molecule has 0 spiro atoms. The van der Waals surface area contributed by atoms with Gasteiger partial charge in [-0.1, -0.05) is 53.7 Å². The molecule has 25 heavy (non-hydrogen) atoms. The molecule has 1 aliphatic heterocycles. The van der Waals surface area contributed by atoms with Crippen LogP contribution in [0.15, 0.2) is 59.8 Å².